The van der Waals surface area contributed by atoms with Gasteiger partial charge in [0.15, 0.2) is 4.73 Å². The summed E-state index contributed by atoms with van der Waals surface area (Å²) in [5.74, 6) is 0.582. The van der Waals surface area contributed by atoms with Gasteiger partial charge in [0, 0.05) is 18.3 Å². The number of aryl methyl sites for hydroxylation is 1. The van der Waals surface area contributed by atoms with Crippen LogP contribution in [0.4, 0.5) is 5.69 Å². The van der Waals surface area contributed by atoms with Crippen LogP contribution in [0, 0.1) is 17.0 Å². The molecule has 3 aromatic rings. The number of imidazole rings is 1. The molecule has 0 aliphatic rings. The zero-order chi connectivity index (χ0) is 18.7. The number of aromatic nitrogens is 2. The van der Waals surface area contributed by atoms with E-state index in [0.29, 0.717) is 22.8 Å². The first-order valence-electron chi connectivity index (χ1n) is 7.74. The number of hydrogen-bond donors (Lipinski definition) is 0. The van der Waals surface area contributed by atoms with Crippen molar-refractivity contribution in [3.8, 4) is 17.2 Å². The Morgan fingerprint density at radius 2 is 2.00 bits per heavy atom. The molecule has 0 radical (unpaired) electrons. The van der Waals surface area contributed by atoms with E-state index in [0.717, 1.165) is 11.3 Å². The summed E-state index contributed by atoms with van der Waals surface area (Å²) >= 11 is 3.33. The summed E-state index contributed by atoms with van der Waals surface area (Å²) in [6.45, 7) is 2.14. The first kappa shape index (κ1) is 17.9. The number of ether oxygens (including phenoxy) is 2. The molecule has 0 saturated heterocycles. The molecular weight excluding hydrogens is 402 g/mol. The van der Waals surface area contributed by atoms with Gasteiger partial charge in [-0.15, -0.1) is 0 Å². The summed E-state index contributed by atoms with van der Waals surface area (Å²) in [6.07, 6.45) is 1.70. The van der Waals surface area contributed by atoms with Crippen molar-refractivity contribution in [1.82, 2.24) is 9.55 Å². The fourth-order valence-corrected chi connectivity index (χ4v) is 3.13. The Morgan fingerprint density at radius 1 is 1.27 bits per heavy atom. The third-order valence-electron chi connectivity index (χ3n) is 3.72. The van der Waals surface area contributed by atoms with Gasteiger partial charge in [-0.2, -0.15) is 0 Å². The molecule has 7 nitrogen and oxygen atoms in total. The molecule has 26 heavy (non-hydrogen) atoms. The first-order chi connectivity index (χ1) is 12.5. The average molecular weight is 418 g/mol. The molecule has 8 heteroatoms. The number of hydrogen-bond acceptors (Lipinski definition) is 5. The molecule has 0 saturated carbocycles. The predicted molar refractivity (Wildman–Crippen MR) is 100.0 cm³/mol. The quantitative estimate of drug-likeness (QED) is 0.437. The van der Waals surface area contributed by atoms with Crippen molar-refractivity contribution in [2.75, 3.05) is 7.11 Å². The zero-order valence-corrected chi connectivity index (χ0v) is 15.8. The van der Waals surface area contributed by atoms with Crippen LogP contribution in [0.5, 0.6) is 11.5 Å². The smallest absolute Gasteiger partial charge is 0.334 e. The Hall–Kier alpha value is -2.87. The van der Waals surface area contributed by atoms with Gasteiger partial charge in [0.25, 0.3) is 0 Å². The molecule has 1 aromatic heterocycles. The van der Waals surface area contributed by atoms with Crippen LogP contribution in [0.2, 0.25) is 0 Å². The van der Waals surface area contributed by atoms with Gasteiger partial charge in [-0.3, -0.25) is 14.7 Å². The Labute approximate surface area is 158 Å². The van der Waals surface area contributed by atoms with Gasteiger partial charge < -0.3 is 9.47 Å². The topological polar surface area (TPSA) is 79.4 Å². The first-order valence-corrected chi connectivity index (χ1v) is 8.54. The second kappa shape index (κ2) is 7.57. The van der Waals surface area contributed by atoms with Gasteiger partial charge in [-0.1, -0.05) is 30.3 Å². The van der Waals surface area contributed by atoms with Crippen LogP contribution in [0.25, 0.3) is 5.69 Å². The third kappa shape index (κ3) is 3.70. The van der Waals surface area contributed by atoms with Crippen LogP contribution in [0.15, 0.2) is 53.4 Å². The van der Waals surface area contributed by atoms with Gasteiger partial charge in [-0.25, -0.2) is 4.98 Å². The van der Waals surface area contributed by atoms with E-state index in [2.05, 4.69) is 20.9 Å². The fraction of sp³-hybridized carbons (Fsp3) is 0.167. The minimum absolute atomic E-state index is 0.119. The van der Waals surface area contributed by atoms with Crippen molar-refractivity contribution in [2.45, 2.75) is 13.5 Å². The Kier molecular flexibility index (Phi) is 5.22. The highest BCUT2D eigenvalue weighted by atomic mass is 79.9. The highest BCUT2D eigenvalue weighted by molar-refractivity contribution is 9.10. The van der Waals surface area contributed by atoms with E-state index in [1.807, 2.05) is 30.3 Å². The van der Waals surface area contributed by atoms with Crippen molar-refractivity contribution in [2.24, 2.45) is 0 Å². The minimum atomic E-state index is -0.475. The second-order valence-electron chi connectivity index (χ2n) is 5.55. The summed E-state index contributed by atoms with van der Waals surface area (Å²) in [7, 11) is 1.39. The van der Waals surface area contributed by atoms with Crippen LogP contribution in [0.3, 0.4) is 0 Å². The molecule has 0 atom stereocenters. The van der Waals surface area contributed by atoms with E-state index in [9.17, 15) is 10.1 Å². The number of benzene rings is 2. The van der Waals surface area contributed by atoms with Crippen molar-refractivity contribution in [3.63, 3.8) is 0 Å². The molecule has 2 aromatic carbocycles. The normalized spacial score (nSPS) is 10.6. The van der Waals surface area contributed by atoms with Crippen molar-refractivity contribution < 1.29 is 14.4 Å². The maximum absolute atomic E-state index is 11.6. The SMILES string of the molecule is COc1cc(OCc2ccccc2)cc(-n2cc(C)nc2Br)c1[N+](=O)[O-]. The molecule has 0 spiro atoms. The molecule has 0 bridgehead atoms. The third-order valence-corrected chi connectivity index (χ3v) is 4.28. The van der Waals surface area contributed by atoms with Gasteiger partial charge in [-0.05, 0) is 28.4 Å². The maximum Gasteiger partial charge on any atom is 0.334 e. The average Bonchev–Trinajstić information content (AvgIpc) is 2.97. The zero-order valence-electron chi connectivity index (χ0n) is 14.2. The number of rotatable bonds is 6. The maximum atomic E-state index is 11.6. The largest absolute Gasteiger partial charge is 0.490 e. The van der Waals surface area contributed by atoms with Gasteiger partial charge >= 0.3 is 5.69 Å². The van der Waals surface area contributed by atoms with Crippen LogP contribution in [0.1, 0.15) is 11.3 Å². The molecule has 0 aliphatic heterocycles. The van der Waals surface area contributed by atoms with Crippen LogP contribution in [-0.2, 0) is 6.61 Å². The lowest BCUT2D eigenvalue weighted by Gasteiger charge is -2.13. The molecule has 0 N–H and O–H groups in total. The van der Waals surface area contributed by atoms with E-state index in [1.54, 1.807) is 23.8 Å². The van der Waals surface area contributed by atoms with Gasteiger partial charge in [0.2, 0.25) is 5.75 Å². The van der Waals surface area contributed by atoms with E-state index < -0.39 is 4.92 Å². The minimum Gasteiger partial charge on any atom is -0.490 e. The van der Waals surface area contributed by atoms with Crippen molar-refractivity contribution in [3.05, 3.63) is 74.8 Å². The van der Waals surface area contributed by atoms with E-state index in [1.165, 1.54) is 13.2 Å². The van der Waals surface area contributed by atoms with Gasteiger partial charge in [0.1, 0.15) is 18.0 Å². The Morgan fingerprint density at radius 3 is 2.58 bits per heavy atom. The Bertz CT molecular complexity index is 941. The summed E-state index contributed by atoms with van der Waals surface area (Å²) < 4.78 is 13.1. The lowest BCUT2D eigenvalue weighted by Crippen LogP contribution is -2.04. The highest BCUT2D eigenvalue weighted by Gasteiger charge is 2.25. The molecule has 0 unspecified atom stereocenters. The summed E-state index contributed by atoms with van der Waals surface area (Å²) in [5, 5.41) is 11.6. The lowest BCUT2D eigenvalue weighted by molar-refractivity contribution is -0.385. The van der Waals surface area contributed by atoms with Crippen LogP contribution < -0.4 is 9.47 Å². The predicted octanol–water partition coefficient (Wildman–Crippen LogP) is 4.44. The summed E-state index contributed by atoms with van der Waals surface area (Å²) in [6, 6.07) is 12.8. The molecular formula is C18H16BrN3O4. The second-order valence-corrected chi connectivity index (χ2v) is 6.26. The summed E-state index contributed by atoms with van der Waals surface area (Å²) in [5.41, 5.74) is 1.87. The molecule has 0 aliphatic carbocycles. The molecule has 0 amide bonds. The molecule has 1 heterocycles. The van der Waals surface area contributed by atoms with Crippen molar-refractivity contribution in [1.29, 1.82) is 0 Å². The van der Waals surface area contributed by atoms with Crippen LogP contribution in [-0.4, -0.2) is 21.6 Å². The lowest BCUT2D eigenvalue weighted by atomic mass is 10.2. The standard InChI is InChI=1S/C18H16BrN3O4/c1-12-10-21(18(19)20-12)15-8-14(9-16(25-2)17(15)22(23)24)26-11-13-6-4-3-5-7-13/h3-10H,11H2,1-2H3. The molecule has 3 rings (SSSR count). The fourth-order valence-electron chi connectivity index (χ4n) is 2.55. The van der Waals surface area contributed by atoms with Crippen molar-refractivity contribution >= 4 is 21.6 Å². The number of methoxy groups -OCH3 is 1. The van der Waals surface area contributed by atoms with Crippen LogP contribution >= 0.6 is 15.9 Å². The number of nitro groups is 1. The van der Waals surface area contributed by atoms with E-state index in [4.69, 9.17) is 9.47 Å². The van der Waals surface area contributed by atoms with E-state index >= 15 is 0 Å². The summed E-state index contributed by atoms with van der Waals surface area (Å²) in [4.78, 5) is 15.4. The number of nitro benzene ring substituents is 1. The molecule has 134 valence electrons. The Balaban J connectivity index is 2.05. The highest BCUT2D eigenvalue weighted by Crippen LogP contribution is 2.39. The number of nitrogens with zero attached hydrogens (tertiary/aromatic N) is 3. The van der Waals surface area contributed by atoms with Gasteiger partial charge in [0.05, 0.1) is 17.7 Å². The van der Waals surface area contributed by atoms with E-state index in [-0.39, 0.29) is 11.4 Å². The molecule has 0 fully saturated rings. The number of halogens is 1. The monoisotopic (exact) mass is 417 g/mol.